The summed E-state index contributed by atoms with van der Waals surface area (Å²) >= 11 is 0. The molecule has 1 saturated heterocycles. The molecule has 3 rings (SSSR count). The molecule has 0 bridgehead atoms. The minimum absolute atomic E-state index is 0.126. The number of hydrogen-bond acceptors (Lipinski definition) is 5. The second-order valence-corrected chi connectivity index (χ2v) is 9.08. The summed E-state index contributed by atoms with van der Waals surface area (Å²) in [5.74, 6) is 1.13. The molecule has 0 radical (unpaired) electrons. The number of morpholine rings is 1. The molecule has 1 fully saturated rings. The average Bonchev–Trinajstić information content (AvgIpc) is 2.59. The molecular formula is C20H27N3O4S. The predicted octanol–water partition coefficient (Wildman–Crippen LogP) is 2.93. The normalized spacial score (nSPS) is 20.9. The van der Waals surface area contributed by atoms with Crippen LogP contribution in [0, 0.1) is 13.8 Å². The first kappa shape index (κ1) is 20.7. The SMILES string of the molecule is Cc1cc(C)cc(Oc2cc(CNS(=O)(=O)N3C[C@H](C)O[C@@H](C)C3)ccn2)c1. The zero-order chi connectivity index (χ0) is 20.3. The molecule has 1 aliphatic rings. The Hall–Kier alpha value is -2.00. The molecular weight excluding hydrogens is 378 g/mol. The Labute approximate surface area is 166 Å². The van der Waals surface area contributed by atoms with Crippen molar-refractivity contribution in [2.45, 2.75) is 46.4 Å². The van der Waals surface area contributed by atoms with Crippen LogP contribution in [0.3, 0.4) is 0 Å². The van der Waals surface area contributed by atoms with Crippen LogP contribution in [-0.2, 0) is 21.5 Å². The van der Waals surface area contributed by atoms with Gasteiger partial charge in [0.15, 0.2) is 0 Å². The van der Waals surface area contributed by atoms with Crippen molar-refractivity contribution in [3.8, 4) is 11.6 Å². The minimum Gasteiger partial charge on any atom is -0.439 e. The zero-order valence-corrected chi connectivity index (χ0v) is 17.5. The van der Waals surface area contributed by atoms with E-state index in [2.05, 4.69) is 15.8 Å². The number of nitrogens with one attached hydrogen (secondary N) is 1. The first-order valence-corrected chi connectivity index (χ1v) is 10.8. The largest absolute Gasteiger partial charge is 0.439 e. The number of aromatic nitrogens is 1. The monoisotopic (exact) mass is 405 g/mol. The fourth-order valence-corrected chi connectivity index (χ4v) is 4.67. The molecule has 1 aliphatic heterocycles. The van der Waals surface area contributed by atoms with Crippen molar-refractivity contribution >= 4 is 10.2 Å². The average molecular weight is 406 g/mol. The van der Waals surface area contributed by atoms with Crippen molar-refractivity contribution in [1.29, 1.82) is 0 Å². The maximum Gasteiger partial charge on any atom is 0.279 e. The highest BCUT2D eigenvalue weighted by Gasteiger charge is 2.30. The van der Waals surface area contributed by atoms with E-state index in [0.717, 1.165) is 16.7 Å². The molecule has 7 nitrogen and oxygen atoms in total. The molecule has 0 saturated carbocycles. The fraction of sp³-hybridized carbons (Fsp3) is 0.450. The molecule has 1 aromatic carbocycles. The van der Waals surface area contributed by atoms with Crippen LogP contribution in [0.1, 0.15) is 30.5 Å². The molecule has 152 valence electrons. The third kappa shape index (κ3) is 5.51. The molecule has 0 aliphatic carbocycles. The first-order valence-electron chi connectivity index (χ1n) is 9.32. The maximum absolute atomic E-state index is 12.6. The summed E-state index contributed by atoms with van der Waals surface area (Å²) in [6, 6.07) is 9.45. The molecule has 1 N–H and O–H groups in total. The lowest BCUT2D eigenvalue weighted by Gasteiger charge is -2.34. The van der Waals surface area contributed by atoms with Crippen LogP contribution in [-0.4, -0.2) is 43.0 Å². The number of aryl methyl sites for hydroxylation is 2. The summed E-state index contributed by atoms with van der Waals surface area (Å²) in [5, 5.41) is 0. The molecule has 8 heteroatoms. The Balaban J connectivity index is 1.66. The quantitative estimate of drug-likeness (QED) is 0.799. The summed E-state index contributed by atoms with van der Waals surface area (Å²) in [7, 11) is -3.59. The topological polar surface area (TPSA) is 80.8 Å². The fourth-order valence-electron chi connectivity index (χ4n) is 3.32. The standard InChI is InChI=1S/C20H27N3O4S/c1-14-7-15(2)9-19(8-14)27-20-10-18(5-6-21-20)11-22-28(24,25)23-12-16(3)26-17(4)13-23/h5-10,16-17,22H,11-13H2,1-4H3/t16-,17-/m0/s1. The number of ether oxygens (including phenoxy) is 2. The van der Waals surface area contributed by atoms with Gasteiger partial charge in [-0.2, -0.15) is 17.4 Å². The summed E-state index contributed by atoms with van der Waals surface area (Å²) in [6.07, 6.45) is 1.36. The zero-order valence-electron chi connectivity index (χ0n) is 16.7. The van der Waals surface area contributed by atoms with Crippen molar-refractivity contribution < 1.29 is 17.9 Å². The summed E-state index contributed by atoms with van der Waals surface area (Å²) < 4.78 is 40.8. The molecule has 0 amide bonds. The van der Waals surface area contributed by atoms with Gasteiger partial charge in [0.1, 0.15) is 5.75 Å². The third-order valence-electron chi connectivity index (χ3n) is 4.40. The van der Waals surface area contributed by atoms with Gasteiger partial charge in [0.2, 0.25) is 5.88 Å². The van der Waals surface area contributed by atoms with Crippen molar-refractivity contribution in [2.24, 2.45) is 0 Å². The van der Waals surface area contributed by atoms with Crippen LogP contribution in [0.4, 0.5) is 0 Å². The third-order valence-corrected chi connectivity index (χ3v) is 5.89. The molecule has 2 aromatic rings. The smallest absolute Gasteiger partial charge is 0.279 e. The molecule has 1 aromatic heterocycles. The van der Waals surface area contributed by atoms with Gasteiger partial charge in [0.05, 0.1) is 12.2 Å². The van der Waals surface area contributed by atoms with Crippen LogP contribution < -0.4 is 9.46 Å². The Morgan fingerprint density at radius 3 is 2.43 bits per heavy atom. The number of nitrogens with zero attached hydrogens (tertiary/aromatic N) is 2. The number of hydrogen-bond donors (Lipinski definition) is 1. The van der Waals surface area contributed by atoms with Gasteiger partial charge in [-0.05, 0) is 62.6 Å². The van der Waals surface area contributed by atoms with Crippen LogP contribution in [0.2, 0.25) is 0 Å². The number of benzene rings is 1. The van der Waals surface area contributed by atoms with Crippen molar-refractivity contribution in [3.05, 3.63) is 53.2 Å². The number of pyridine rings is 1. The Morgan fingerprint density at radius 1 is 1.14 bits per heavy atom. The van der Waals surface area contributed by atoms with Gasteiger partial charge in [-0.25, -0.2) is 4.98 Å². The van der Waals surface area contributed by atoms with E-state index in [-0.39, 0.29) is 18.8 Å². The second kappa shape index (κ2) is 8.57. The van der Waals surface area contributed by atoms with Gasteiger partial charge >= 0.3 is 0 Å². The second-order valence-electron chi connectivity index (χ2n) is 7.33. The lowest BCUT2D eigenvalue weighted by Crippen LogP contribution is -2.51. The first-order chi connectivity index (χ1) is 13.2. The lowest BCUT2D eigenvalue weighted by atomic mass is 10.1. The van der Waals surface area contributed by atoms with Crippen molar-refractivity contribution in [3.63, 3.8) is 0 Å². The summed E-state index contributed by atoms with van der Waals surface area (Å²) in [5.41, 5.74) is 2.98. The maximum atomic E-state index is 12.6. The van der Waals surface area contributed by atoms with Crippen LogP contribution in [0.5, 0.6) is 11.6 Å². The molecule has 2 heterocycles. The van der Waals surface area contributed by atoms with Gasteiger partial charge in [0, 0.05) is 31.9 Å². The van der Waals surface area contributed by atoms with E-state index in [0.29, 0.717) is 24.7 Å². The lowest BCUT2D eigenvalue weighted by molar-refractivity contribution is -0.0444. The number of rotatable bonds is 6. The summed E-state index contributed by atoms with van der Waals surface area (Å²) in [4.78, 5) is 4.22. The van der Waals surface area contributed by atoms with Gasteiger partial charge in [-0.1, -0.05) is 6.07 Å². The van der Waals surface area contributed by atoms with E-state index in [1.54, 1.807) is 18.3 Å². The van der Waals surface area contributed by atoms with Crippen LogP contribution >= 0.6 is 0 Å². The van der Waals surface area contributed by atoms with Crippen molar-refractivity contribution in [2.75, 3.05) is 13.1 Å². The van der Waals surface area contributed by atoms with Gasteiger partial charge in [-0.3, -0.25) is 0 Å². The molecule has 2 atom stereocenters. The minimum atomic E-state index is -3.59. The van der Waals surface area contributed by atoms with Crippen molar-refractivity contribution in [1.82, 2.24) is 14.0 Å². The Morgan fingerprint density at radius 2 is 1.79 bits per heavy atom. The van der Waals surface area contributed by atoms with E-state index < -0.39 is 10.2 Å². The Kier molecular flexibility index (Phi) is 6.34. The van der Waals surface area contributed by atoms with Crippen LogP contribution in [0.25, 0.3) is 0 Å². The van der Waals surface area contributed by atoms with E-state index in [1.165, 1.54) is 4.31 Å². The molecule has 28 heavy (non-hydrogen) atoms. The van der Waals surface area contributed by atoms with Gasteiger partial charge in [-0.15, -0.1) is 0 Å². The molecule has 0 spiro atoms. The van der Waals surface area contributed by atoms with E-state index in [4.69, 9.17) is 9.47 Å². The van der Waals surface area contributed by atoms with E-state index in [9.17, 15) is 8.42 Å². The highest BCUT2D eigenvalue weighted by molar-refractivity contribution is 7.87. The highest BCUT2D eigenvalue weighted by atomic mass is 32.2. The molecule has 0 unspecified atom stereocenters. The van der Waals surface area contributed by atoms with E-state index >= 15 is 0 Å². The van der Waals surface area contributed by atoms with E-state index in [1.807, 2.05) is 39.8 Å². The van der Waals surface area contributed by atoms with Gasteiger partial charge in [0.25, 0.3) is 10.2 Å². The summed E-state index contributed by atoms with van der Waals surface area (Å²) in [6.45, 7) is 8.61. The highest BCUT2D eigenvalue weighted by Crippen LogP contribution is 2.23. The predicted molar refractivity (Wildman–Crippen MR) is 108 cm³/mol. The van der Waals surface area contributed by atoms with Crippen LogP contribution in [0.15, 0.2) is 36.5 Å². The Bertz CT molecular complexity index is 903. The van der Waals surface area contributed by atoms with Gasteiger partial charge < -0.3 is 9.47 Å².